The number of imidazole rings is 1. The van der Waals surface area contributed by atoms with E-state index in [9.17, 15) is 9.59 Å². The van der Waals surface area contributed by atoms with Crippen molar-refractivity contribution in [2.45, 2.75) is 33.4 Å². The fraction of sp³-hybridized carbons (Fsp3) is 0.318. The number of rotatable bonds is 7. The third-order valence-electron chi connectivity index (χ3n) is 4.54. The van der Waals surface area contributed by atoms with Crippen molar-refractivity contribution in [3.05, 3.63) is 53.9 Å². The monoisotopic (exact) mass is 409 g/mol. The van der Waals surface area contributed by atoms with Crippen LogP contribution in [0.15, 0.2) is 42.7 Å². The van der Waals surface area contributed by atoms with Gasteiger partial charge in [-0.25, -0.2) is 9.78 Å². The first-order valence-corrected chi connectivity index (χ1v) is 9.82. The van der Waals surface area contributed by atoms with Gasteiger partial charge in [-0.2, -0.15) is 0 Å². The molecule has 0 bridgehead atoms. The number of ether oxygens (including phenoxy) is 1. The summed E-state index contributed by atoms with van der Waals surface area (Å²) >= 11 is 0. The Balaban J connectivity index is 1.59. The second kappa shape index (κ2) is 9.30. The highest BCUT2D eigenvalue weighted by Gasteiger charge is 2.11. The number of benzene rings is 2. The first-order chi connectivity index (χ1) is 14.4. The molecule has 1 aromatic heterocycles. The van der Waals surface area contributed by atoms with E-state index in [4.69, 9.17) is 4.74 Å². The number of aryl methyl sites for hydroxylation is 1. The largest absolute Gasteiger partial charge is 0.495 e. The number of nitrogens with zero attached hydrogens (tertiary/aromatic N) is 2. The molecule has 0 aliphatic rings. The molecule has 3 aromatic rings. The molecular formula is C22H27N5O3. The van der Waals surface area contributed by atoms with E-state index in [1.807, 2.05) is 49.6 Å². The van der Waals surface area contributed by atoms with Crippen LogP contribution in [0.25, 0.3) is 11.0 Å². The van der Waals surface area contributed by atoms with Gasteiger partial charge in [-0.15, -0.1) is 0 Å². The quantitative estimate of drug-likeness (QED) is 0.558. The number of aromatic nitrogens is 2. The van der Waals surface area contributed by atoms with E-state index in [-0.39, 0.29) is 18.0 Å². The summed E-state index contributed by atoms with van der Waals surface area (Å²) in [4.78, 5) is 28.8. The van der Waals surface area contributed by atoms with Crippen LogP contribution >= 0.6 is 0 Å². The van der Waals surface area contributed by atoms with Crippen molar-refractivity contribution in [2.24, 2.45) is 0 Å². The van der Waals surface area contributed by atoms with Gasteiger partial charge in [-0.3, -0.25) is 4.79 Å². The summed E-state index contributed by atoms with van der Waals surface area (Å²) < 4.78 is 7.21. The molecule has 8 nitrogen and oxygen atoms in total. The van der Waals surface area contributed by atoms with Crippen LogP contribution in [0.1, 0.15) is 29.8 Å². The molecule has 8 heteroatoms. The van der Waals surface area contributed by atoms with Gasteiger partial charge in [0.1, 0.15) is 5.75 Å². The predicted octanol–water partition coefficient (Wildman–Crippen LogP) is 3.31. The molecule has 0 aliphatic carbocycles. The van der Waals surface area contributed by atoms with Gasteiger partial charge in [-0.05, 0) is 56.7 Å². The first-order valence-electron chi connectivity index (χ1n) is 9.82. The average Bonchev–Trinajstić information content (AvgIpc) is 3.10. The zero-order valence-electron chi connectivity index (χ0n) is 17.7. The molecule has 0 saturated carbocycles. The Morgan fingerprint density at radius 1 is 1.17 bits per heavy atom. The highest BCUT2D eigenvalue weighted by atomic mass is 16.5. The Morgan fingerprint density at radius 2 is 1.97 bits per heavy atom. The van der Waals surface area contributed by atoms with Crippen LogP contribution in [0, 0.1) is 6.92 Å². The lowest BCUT2D eigenvalue weighted by atomic mass is 10.2. The van der Waals surface area contributed by atoms with Gasteiger partial charge in [0.05, 0.1) is 30.2 Å². The van der Waals surface area contributed by atoms with E-state index in [0.717, 1.165) is 16.6 Å². The molecule has 0 unspecified atom stereocenters. The molecule has 158 valence electrons. The number of anilines is 1. The van der Waals surface area contributed by atoms with Crippen molar-refractivity contribution in [3.63, 3.8) is 0 Å². The van der Waals surface area contributed by atoms with Crippen LogP contribution in [0.2, 0.25) is 0 Å². The van der Waals surface area contributed by atoms with E-state index in [1.165, 1.54) is 0 Å². The third-order valence-corrected chi connectivity index (χ3v) is 4.54. The molecule has 3 rings (SSSR count). The fourth-order valence-corrected chi connectivity index (χ4v) is 3.10. The molecule has 2 aromatic carbocycles. The number of hydrogen-bond donors (Lipinski definition) is 3. The van der Waals surface area contributed by atoms with Crippen molar-refractivity contribution in [1.29, 1.82) is 0 Å². The zero-order valence-corrected chi connectivity index (χ0v) is 17.7. The minimum absolute atomic E-state index is 0.0720. The van der Waals surface area contributed by atoms with Gasteiger partial charge >= 0.3 is 6.03 Å². The van der Waals surface area contributed by atoms with Crippen molar-refractivity contribution in [3.8, 4) is 5.75 Å². The predicted molar refractivity (Wildman–Crippen MR) is 117 cm³/mol. The van der Waals surface area contributed by atoms with Crippen molar-refractivity contribution in [1.82, 2.24) is 20.2 Å². The van der Waals surface area contributed by atoms with Gasteiger partial charge in [0, 0.05) is 24.7 Å². The van der Waals surface area contributed by atoms with Crippen LogP contribution < -0.4 is 20.7 Å². The number of amides is 3. The lowest BCUT2D eigenvalue weighted by Gasteiger charge is -2.12. The van der Waals surface area contributed by atoms with Gasteiger partial charge < -0.3 is 25.3 Å². The summed E-state index contributed by atoms with van der Waals surface area (Å²) in [7, 11) is 1.57. The van der Waals surface area contributed by atoms with Crippen LogP contribution in [0.4, 0.5) is 10.5 Å². The highest BCUT2D eigenvalue weighted by Crippen LogP contribution is 2.25. The van der Waals surface area contributed by atoms with Gasteiger partial charge in [0.25, 0.3) is 5.91 Å². The summed E-state index contributed by atoms with van der Waals surface area (Å²) in [5.74, 6) is 0.486. The summed E-state index contributed by atoms with van der Waals surface area (Å²) in [6.45, 7) is 6.75. The Morgan fingerprint density at radius 3 is 2.70 bits per heavy atom. The number of urea groups is 1. The lowest BCUT2D eigenvalue weighted by molar-refractivity contribution is 0.0943. The average molecular weight is 409 g/mol. The maximum Gasteiger partial charge on any atom is 0.319 e. The van der Waals surface area contributed by atoms with Crippen molar-refractivity contribution in [2.75, 3.05) is 19.0 Å². The number of carbonyl (C=O) groups is 2. The maximum absolute atomic E-state index is 12.2. The Labute approximate surface area is 175 Å². The Bertz CT molecular complexity index is 1060. The second-order valence-corrected chi connectivity index (χ2v) is 7.35. The van der Waals surface area contributed by atoms with Crippen molar-refractivity contribution < 1.29 is 14.3 Å². The smallest absolute Gasteiger partial charge is 0.319 e. The summed E-state index contributed by atoms with van der Waals surface area (Å²) in [6, 6.07) is 10.8. The SMILES string of the molecule is COc1ccc(C)cc1NC(=O)NCCn1cnc2cc(C(=O)NC(C)C)ccc21. The summed E-state index contributed by atoms with van der Waals surface area (Å²) in [5.41, 5.74) is 3.86. The number of methoxy groups -OCH3 is 1. The number of carbonyl (C=O) groups excluding carboxylic acids is 2. The van der Waals surface area contributed by atoms with E-state index < -0.39 is 0 Å². The van der Waals surface area contributed by atoms with E-state index in [1.54, 1.807) is 25.6 Å². The zero-order chi connectivity index (χ0) is 21.7. The summed E-state index contributed by atoms with van der Waals surface area (Å²) in [5, 5.41) is 8.52. The molecule has 0 atom stereocenters. The molecule has 0 radical (unpaired) electrons. The van der Waals surface area contributed by atoms with Crippen LogP contribution in [0.3, 0.4) is 0 Å². The molecule has 1 heterocycles. The van der Waals surface area contributed by atoms with Crippen molar-refractivity contribution >= 4 is 28.7 Å². The topological polar surface area (TPSA) is 97.3 Å². The molecular weight excluding hydrogens is 382 g/mol. The molecule has 0 aliphatic heterocycles. The molecule has 0 spiro atoms. The number of nitrogens with one attached hydrogen (secondary N) is 3. The lowest BCUT2D eigenvalue weighted by Crippen LogP contribution is -2.31. The minimum Gasteiger partial charge on any atom is -0.495 e. The molecule has 0 fully saturated rings. The van der Waals surface area contributed by atoms with E-state index in [0.29, 0.717) is 30.1 Å². The van der Waals surface area contributed by atoms with Gasteiger partial charge in [-0.1, -0.05) is 6.07 Å². The minimum atomic E-state index is -0.309. The van der Waals surface area contributed by atoms with E-state index >= 15 is 0 Å². The highest BCUT2D eigenvalue weighted by molar-refractivity contribution is 5.97. The molecule has 0 saturated heterocycles. The Hall–Kier alpha value is -3.55. The summed E-state index contributed by atoms with van der Waals surface area (Å²) in [6.07, 6.45) is 1.71. The molecule has 3 N–H and O–H groups in total. The third kappa shape index (κ3) is 5.08. The maximum atomic E-state index is 12.2. The van der Waals surface area contributed by atoms with Gasteiger partial charge in [0.2, 0.25) is 0 Å². The second-order valence-electron chi connectivity index (χ2n) is 7.35. The van der Waals surface area contributed by atoms with Crippen LogP contribution in [-0.4, -0.2) is 41.2 Å². The number of fused-ring (bicyclic) bond motifs is 1. The van der Waals surface area contributed by atoms with Gasteiger partial charge in [0.15, 0.2) is 0 Å². The molecule has 30 heavy (non-hydrogen) atoms. The van der Waals surface area contributed by atoms with Crippen LogP contribution in [0.5, 0.6) is 5.75 Å². The first kappa shape index (κ1) is 21.2. The molecule has 3 amide bonds. The standard InChI is InChI=1S/C22H27N5O3/c1-14(2)25-21(28)16-6-7-19-17(12-16)24-13-27(19)10-9-23-22(29)26-18-11-15(3)5-8-20(18)30-4/h5-8,11-14H,9-10H2,1-4H3,(H,25,28)(H2,23,26,29). The number of hydrogen-bond acceptors (Lipinski definition) is 4. The van der Waals surface area contributed by atoms with E-state index in [2.05, 4.69) is 20.9 Å². The fourth-order valence-electron chi connectivity index (χ4n) is 3.10. The normalized spacial score (nSPS) is 10.8. The Kier molecular flexibility index (Phi) is 6.56. The van der Waals surface area contributed by atoms with Crippen LogP contribution in [-0.2, 0) is 6.54 Å².